The largest absolute Gasteiger partial charge is 0.349 e. The van der Waals surface area contributed by atoms with Crippen molar-refractivity contribution >= 4 is 11.8 Å². The maximum Gasteiger partial charge on any atom is 0.225 e. The Labute approximate surface area is 153 Å². The van der Waals surface area contributed by atoms with Gasteiger partial charge in [-0.25, -0.2) is 0 Å². The topological polar surface area (TPSA) is 62.3 Å². The maximum absolute atomic E-state index is 12.8. The Balaban J connectivity index is 1.40. The number of nitrogens with one attached hydrogen (secondary N) is 1. The van der Waals surface area contributed by atoms with Gasteiger partial charge in [0.25, 0.3) is 0 Å². The molecule has 26 heavy (non-hydrogen) atoms. The molecule has 5 nitrogen and oxygen atoms in total. The first kappa shape index (κ1) is 16.8. The molecule has 2 atom stereocenters. The fourth-order valence-corrected chi connectivity index (χ4v) is 3.98. The Hall–Kier alpha value is -2.69. The summed E-state index contributed by atoms with van der Waals surface area (Å²) in [6.45, 7) is 0.936. The first-order valence-electron chi connectivity index (χ1n) is 9.26. The van der Waals surface area contributed by atoms with E-state index in [0.29, 0.717) is 13.1 Å². The third kappa shape index (κ3) is 3.47. The monoisotopic (exact) mass is 349 g/mol. The van der Waals surface area contributed by atoms with Crippen molar-refractivity contribution < 1.29 is 9.59 Å². The molecule has 1 aliphatic carbocycles. The highest BCUT2D eigenvalue weighted by Crippen LogP contribution is 2.30. The van der Waals surface area contributed by atoms with Gasteiger partial charge in [0.15, 0.2) is 0 Å². The van der Waals surface area contributed by atoms with Crippen LogP contribution in [0.2, 0.25) is 0 Å². The van der Waals surface area contributed by atoms with Crippen LogP contribution in [0.15, 0.2) is 48.7 Å². The molecule has 1 aromatic carbocycles. The van der Waals surface area contributed by atoms with Gasteiger partial charge < -0.3 is 10.2 Å². The number of hydrogen-bond acceptors (Lipinski definition) is 3. The molecule has 2 aromatic rings. The summed E-state index contributed by atoms with van der Waals surface area (Å²) < 4.78 is 0. The molecule has 0 bridgehead atoms. The second-order valence-electron chi connectivity index (χ2n) is 7.15. The number of amides is 2. The lowest BCUT2D eigenvalue weighted by Crippen LogP contribution is -2.36. The predicted octanol–water partition coefficient (Wildman–Crippen LogP) is 2.62. The van der Waals surface area contributed by atoms with Crippen molar-refractivity contribution in [2.24, 2.45) is 5.92 Å². The summed E-state index contributed by atoms with van der Waals surface area (Å²) >= 11 is 0. The highest BCUT2D eigenvalue weighted by molar-refractivity contribution is 5.89. The molecule has 1 fully saturated rings. The molecular formula is C21H23N3O2. The van der Waals surface area contributed by atoms with Crippen LogP contribution in [0, 0.1) is 5.92 Å². The average Bonchev–Trinajstić information content (AvgIpc) is 3.03. The smallest absolute Gasteiger partial charge is 0.225 e. The third-order valence-electron chi connectivity index (χ3n) is 5.35. The number of carbonyl (C=O) groups is 2. The van der Waals surface area contributed by atoms with E-state index in [1.54, 1.807) is 11.1 Å². The van der Waals surface area contributed by atoms with E-state index in [4.69, 9.17) is 0 Å². The number of likely N-dealkylation sites (tertiary alicyclic amines) is 1. The molecule has 2 aliphatic rings. The minimum absolute atomic E-state index is 0.0106. The number of nitrogens with zero attached hydrogens (tertiary/aromatic N) is 2. The van der Waals surface area contributed by atoms with Crippen molar-refractivity contribution in [3.05, 3.63) is 65.5 Å². The number of rotatable bonds is 4. The van der Waals surface area contributed by atoms with Gasteiger partial charge in [-0.1, -0.05) is 30.3 Å². The molecule has 2 heterocycles. The Morgan fingerprint density at radius 1 is 1.19 bits per heavy atom. The summed E-state index contributed by atoms with van der Waals surface area (Å²) in [4.78, 5) is 31.1. The average molecular weight is 349 g/mol. The summed E-state index contributed by atoms with van der Waals surface area (Å²) in [7, 11) is 0. The first-order valence-corrected chi connectivity index (χ1v) is 9.26. The van der Waals surface area contributed by atoms with E-state index in [9.17, 15) is 9.59 Å². The van der Waals surface area contributed by atoms with Crippen molar-refractivity contribution in [3.8, 4) is 0 Å². The summed E-state index contributed by atoms with van der Waals surface area (Å²) in [6.07, 6.45) is 5.12. The molecule has 1 saturated heterocycles. The quantitative estimate of drug-likeness (QED) is 0.923. The number of aryl methyl sites for hydroxylation is 1. The molecule has 134 valence electrons. The van der Waals surface area contributed by atoms with E-state index in [-0.39, 0.29) is 30.2 Å². The first-order chi connectivity index (χ1) is 12.7. The van der Waals surface area contributed by atoms with Crippen LogP contribution in [-0.4, -0.2) is 28.2 Å². The highest BCUT2D eigenvalue weighted by Gasteiger charge is 2.35. The van der Waals surface area contributed by atoms with Crippen molar-refractivity contribution in [1.29, 1.82) is 0 Å². The van der Waals surface area contributed by atoms with Crippen LogP contribution < -0.4 is 5.32 Å². The number of benzene rings is 1. The molecule has 1 aromatic heterocycles. The Morgan fingerprint density at radius 3 is 2.88 bits per heavy atom. The fourth-order valence-electron chi connectivity index (χ4n) is 3.98. The molecule has 0 radical (unpaired) electrons. The van der Waals surface area contributed by atoms with Gasteiger partial charge in [-0.05, 0) is 42.5 Å². The van der Waals surface area contributed by atoms with E-state index < -0.39 is 0 Å². The van der Waals surface area contributed by atoms with Gasteiger partial charge >= 0.3 is 0 Å². The van der Waals surface area contributed by atoms with Gasteiger partial charge in [0.1, 0.15) is 0 Å². The van der Waals surface area contributed by atoms with Gasteiger partial charge in [-0.2, -0.15) is 0 Å². The zero-order valence-corrected chi connectivity index (χ0v) is 14.7. The molecule has 4 rings (SSSR count). The van der Waals surface area contributed by atoms with E-state index in [0.717, 1.165) is 25.0 Å². The molecule has 2 amide bonds. The number of fused-ring (bicyclic) bond motifs is 1. The summed E-state index contributed by atoms with van der Waals surface area (Å²) in [5.74, 6) is -0.260. The van der Waals surface area contributed by atoms with E-state index in [2.05, 4.69) is 22.4 Å². The second kappa shape index (κ2) is 7.28. The molecule has 5 heteroatoms. The Bertz CT molecular complexity index is 806. The van der Waals surface area contributed by atoms with Crippen LogP contribution >= 0.6 is 0 Å². The van der Waals surface area contributed by atoms with Gasteiger partial charge in [0.2, 0.25) is 11.8 Å². The number of pyridine rings is 1. The van der Waals surface area contributed by atoms with E-state index in [1.807, 2.05) is 30.3 Å². The minimum atomic E-state index is -0.277. The van der Waals surface area contributed by atoms with E-state index >= 15 is 0 Å². The molecular weight excluding hydrogens is 326 g/mol. The lowest BCUT2D eigenvalue weighted by molar-refractivity contribution is -0.129. The van der Waals surface area contributed by atoms with E-state index in [1.165, 1.54) is 11.1 Å². The zero-order valence-electron chi connectivity index (χ0n) is 14.7. The van der Waals surface area contributed by atoms with Gasteiger partial charge in [-0.3, -0.25) is 14.6 Å². The zero-order chi connectivity index (χ0) is 17.9. The van der Waals surface area contributed by atoms with Crippen LogP contribution in [0.5, 0.6) is 0 Å². The maximum atomic E-state index is 12.8. The highest BCUT2D eigenvalue weighted by atomic mass is 16.2. The van der Waals surface area contributed by atoms with Crippen LogP contribution in [-0.2, 0) is 22.6 Å². The molecule has 1 N–H and O–H groups in total. The molecule has 0 saturated carbocycles. The summed E-state index contributed by atoms with van der Waals surface area (Å²) in [5.41, 5.74) is 3.40. The van der Waals surface area contributed by atoms with Crippen LogP contribution in [0.25, 0.3) is 0 Å². The van der Waals surface area contributed by atoms with Crippen LogP contribution in [0.4, 0.5) is 0 Å². The Kier molecular flexibility index (Phi) is 4.69. The summed E-state index contributed by atoms with van der Waals surface area (Å²) in [5, 5.41) is 3.19. The standard InChI is InChI=1S/C21H23N3O2/c25-20-12-16(13-24(20)14-17-8-3-4-11-22-17)21(26)23-19-10-5-7-15-6-1-2-9-18(15)19/h1-4,6,8-9,11,16,19H,5,7,10,12-14H2,(H,23,26). The normalized spacial score (nSPS) is 22.2. The Morgan fingerprint density at radius 2 is 2.04 bits per heavy atom. The lowest BCUT2D eigenvalue weighted by Gasteiger charge is -2.27. The molecule has 1 aliphatic heterocycles. The number of aromatic nitrogens is 1. The SMILES string of the molecule is O=C(NC1CCCc2ccccc21)C1CC(=O)N(Cc2ccccn2)C1. The van der Waals surface area contributed by atoms with Gasteiger partial charge in [0, 0.05) is 19.2 Å². The summed E-state index contributed by atoms with van der Waals surface area (Å²) in [6, 6.07) is 14.0. The fraction of sp³-hybridized carbons (Fsp3) is 0.381. The molecule has 2 unspecified atom stereocenters. The predicted molar refractivity (Wildman–Crippen MR) is 98.0 cm³/mol. The van der Waals surface area contributed by atoms with Gasteiger partial charge in [-0.15, -0.1) is 0 Å². The van der Waals surface area contributed by atoms with Crippen molar-refractivity contribution in [3.63, 3.8) is 0 Å². The second-order valence-corrected chi connectivity index (χ2v) is 7.15. The van der Waals surface area contributed by atoms with Crippen LogP contribution in [0.1, 0.15) is 42.1 Å². The minimum Gasteiger partial charge on any atom is -0.349 e. The van der Waals surface area contributed by atoms with Crippen LogP contribution in [0.3, 0.4) is 0 Å². The van der Waals surface area contributed by atoms with Gasteiger partial charge in [0.05, 0.1) is 24.2 Å². The van der Waals surface area contributed by atoms with Crippen molar-refractivity contribution in [2.75, 3.05) is 6.54 Å². The third-order valence-corrected chi connectivity index (χ3v) is 5.35. The molecule has 0 spiro atoms. The van der Waals surface area contributed by atoms with Crippen molar-refractivity contribution in [2.45, 2.75) is 38.3 Å². The number of carbonyl (C=O) groups excluding carboxylic acids is 2. The van der Waals surface area contributed by atoms with Crippen molar-refractivity contribution in [1.82, 2.24) is 15.2 Å². The lowest BCUT2D eigenvalue weighted by atomic mass is 9.87. The number of hydrogen-bond donors (Lipinski definition) is 1.